The van der Waals surface area contributed by atoms with Crippen molar-refractivity contribution in [1.29, 1.82) is 0 Å². The zero-order chi connectivity index (χ0) is 17.6. The van der Waals surface area contributed by atoms with E-state index in [1.807, 2.05) is 41.8 Å². The van der Waals surface area contributed by atoms with Crippen LogP contribution < -0.4 is 10.6 Å². The second-order valence-corrected chi connectivity index (χ2v) is 8.31. The van der Waals surface area contributed by atoms with Gasteiger partial charge in [0.2, 0.25) is 5.91 Å². The van der Waals surface area contributed by atoms with Gasteiger partial charge in [0.25, 0.3) is 0 Å². The average Bonchev–Trinajstić information content (AvgIpc) is 3.22. The van der Waals surface area contributed by atoms with Crippen molar-refractivity contribution >= 4 is 29.4 Å². The molecule has 1 saturated carbocycles. The molecule has 5 nitrogen and oxygen atoms in total. The summed E-state index contributed by atoms with van der Waals surface area (Å²) in [5.41, 5.74) is 0.862. The van der Waals surface area contributed by atoms with Gasteiger partial charge in [0.15, 0.2) is 0 Å². The predicted octanol–water partition coefficient (Wildman–Crippen LogP) is 3.85. The lowest BCUT2D eigenvalue weighted by atomic mass is 10.3. The molecule has 2 fully saturated rings. The molecule has 1 atom stereocenters. The lowest BCUT2D eigenvalue weighted by Gasteiger charge is -2.22. The molecule has 1 aliphatic carbocycles. The highest BCUT2D eigenvalue weighted by atomic mass is 32.2. The van der Waals surface area contributed by atoms with Crippen LogP contribution in [0.5, 0.6) is 0 Å². The highest BCUT2D eigenvalue weighted by Gasteiger charge is 2.23. The molecular formula is C19H27N3O2S. The van der Waals surface area contributed by atoms with Crippen LogP contribution in [0.1, 0.15) is 45.4 Å². The zero-order valence-electron chi connectivity index (χ0n) is 14.8. The first-order valence-corrected chi connectivity index (χ1v) is 10.1. The quantitative estimate of drug-likeness (QED) is 0.809. The van der Waals surface area contributed by atoms with Crippen LogP contribution in [0.3, 0.4) is 0 Å². The lowest BCUT2D eigenvalue weighted by molar-refractivity contribution is -0.127. The van der Waals surface area contributed by atoms with Gasteiger partial charge in [-0.25, -0.2) is 4.79 Å². The van der Waals surface area contributed by atoms with E-state index in [9.17, 15) is 9.59 Å². The minimum atomic E-state index is -0.210. The molecule has 1 aliphatic heterocycles. The van der Waals surface area contributed by atoms with Crippen molar-refractivity contribution < 1.29 is 9.59 Å². The molecule has 1 aromatic carbocycles. The Hall–Kier alpha value is -1.69. The lowest BCUT2D eigenvalue weighted by Crippen LogP contribution is -2.44. The van der Waals surface area contributed by atoms with Gasteiger partial charge in [-0.05, 0) is 38.3 Å². The minimum absolute atomic E-state index is 0.0725. The van der Waals surface area contributed by atoms with Crippen LogP contribution in [0.4, 0.5) is 10.5 Å². The summed E-state index contributed by atoms with van der Waals surface area (Å²) in [6.45, 7) is 3.31. The third-order valence-corrected chi connectivity index (χ3v) is 6.19. The molecule has 3 amide bonds. The Bertz CT molecular complexity index is 616. The number of benzene rings is 1. The summed E-state index contributed by atoms with van der Waals surface area (Å²) in [5, 5.41) is 6.58. The van der Waals surface area contributed by atoms with Crippen LogP contribution in [0.2, 0.25) is 0 Å². The molecule has 1 saturated heterocycles. The smallest absolute Gasteiger partial charge is 0.319 e. The molecule has 3 rings (SSSR count). The van der Waals surface area contributed by atoms with Crippen molar-refractivity contribution in [2.45, 2.75) is 61.6 Å². The van der Waals surface area contributed by atoms with E-state index in [1.165, 1.54) is 25.7 Å². The Balaban J connectivity index is 1.52. The molecule has 2 aliphatic rings. The summed E-state index contributed by atoms with van der Waals surface area (Å²) in [6, 6.07) is 7.70. The Morgan fingerprint density at radius 3 is 2.76 bits per heavy atom. The maximum Gasteiger partial charge on any atom is 0.319 e. The van der Waals surface area contributed by atoms with Crippen molar-refractivity contribution in [2.75, 3.05) is 18.4 Å². The molecule has 1 aromatic rings. The van der Waals surface area contributed by atoms with Crippen molar-refractivity contribution in [3.63, 3.8) is 0 Å². The maximum atomic E-state index is 12.3. The van der Waals surface area contributed by atoms with Gasteiger partial charge in [-0.2, -0.15) is 0 Å². The first-order chi connectivity index (χ1) is 12.1. The van der Waals surface area contributed by atoms with Gasteiger partial charge in [0.05, 0.1) is 5.69 Å². The van der Waals surface area contributed by atoms with E-state index in [0.717, 1.165) is 23.5 Å². The molecule has 6 heteroatoms. The SMILES string of the molecule is C[C@H](CN1CCCC1=O)NC(=O)Nc1ccccc1SC1CCCC1. The van der Waals surface area contributed by atoms with E-state index in [0.29, 0.717) is 18.2 Å². The van der Waals surface area contributed by atoms with Crippen LogP contribution in [0, 0.1) is 0 Å². The molecule has 0 spiro atoms. The molecule has 136 valence electrons. The summed E-state index contributed by atoms with van der Waals surface area (Å²) >= 11 is 1.87. The highest BCUT2D eigenvalue weighted by Crippen LogP contribution is 2.37. The molecule has 2 N–H and O–H groups in total. The molecule has 25 heavy (non-hydrogen) atoms. The summed E-state index contributed by atoms with van der Waals surface area (Å²) in [7, 11) is 0. The number of hydrogen-bond donors (Lipinski definition) is 2. The number of amides is 3. The highest BCUT2D eigenvalue weighted by molar-refractivity contribution is 8.00. The van der Waals surface area contributed by atoms with Crippen molar-refractivity contribution in [1.82, 2.24) is 10.2 Å². The van der Waals surface area contributed by atoms with E-state index < -0.39 is 0 Å². The van der Waals surface area contributed by atoms with Crippen molar-refractivity contribution in [3.8, 4) is 0 Å². The molecule has 0 radical (unpaired) electrons. The van der Waals surface area contributed by atoms with Gasteiger partial charge in [-0.15, -0.1) is 11.8 Å². The zero-order valence-corrected chi connectivity index (χ0v) is 15.6. The van der Waals surface area contributed by atoms with Gasteiger partial charge < -0.3 is 15.5 Å². The molecular weight excluding hydrogens is 334 g/mol. The number of nitrogens with one attached hydrogen (secondary N) is 2. The topological polar surface area (TPSA) is 61.4 Å². The van der Waals surface area contributed by atoms with Crippen LogP contribution in [0.15, 0.2) is 29.2 Å². The van der Waals surface area contributed by atoms with Gasteiger partial charge in [0.1, 0.15) is 0 Å². The average molecular weight is 362 g/mol. The van der Waals surface area contributed by atoms with Crippen LogP contribution >= 0.6 is 11.8 Å². The van der Waals surface area contributed by atoms with E-state index in [4.69, 9.17) is 0 Å². The number of rotatable bonds is 6. The minimum Gasteiger partial charge on any atom is -0.341 e. The van der Waals surface area contributed by atoms with E-state index in [2.05, 4.69) is 16.7 Å². The number of carbonyl (C=O) groups excluding carboxylic acids is 2. The number of urea groups is 1. The second-order valence-electron chi connectivity index (χ2n) is 6.96. The summed E-state index contributed by atoms with van der Waals surface area (Å²) < 4.78 is 0. The van der Waals surface area contributed by atoms with Gasteiger partial charge in [-0.1, -0.05) is 25.0 Å². The number of anilines is 1. The fourth-order valence-corrected chi connectivity index (χ4v) is 4.85. The Morgan fingerprint density at radius 1 is 1.28 bits per heavy atom. The molecule has 0 unspecified atom stereocenters. The van der Waals surface area contributed by atoms with Gasteiger partial charge in [0, 0.05) is 35.7 Å². The van der Waals surface area contributed by atoms with E-state index >= 15 is 0 Å². The number of thioether (sulfide) groups is 1. The standard InChI is InChI=1S/C19H27N3O2S/c1-14(13-22-12-6-11-18(22)23)20-19(24)21-16-9-4-5-10-17(16)25-15-7-2-3-8-15/h4-5,9-10,14-15H,2-3,6-8,11-13H2,1H3,(H2,20,21,24)/t14-/m1/s1. The first-order valence-electron chi connectivity index (χ1n) is 9.23. The van der Waals surface area contributed by atoms with Gasteiger partial charge >= 0.3 is 6.03 Å². The Labute approximate surface area is 153 Å². The third-order valence-electron chi connectivity index (χ3n) is 4.77. The monoisotopic (exact) mass is 361 g/mol. The number of nitrogens with zero attached hydrogens (tertiary/aromatic N) is 1. The van der Waals surface area contributed by atoms with E-state index in [-0.39, 0.29) is 18.0 Å². The van der Waals surface area contributed by atoms with E-state index in [1.54, 1.807) is 0 Å². The summed E-state index contributed by atoms with van der Waals surface area (Å²) in [4.78, 5) is 27.0. The number of hydrogen-bond acceptors (Lipinski definition) is 3. The molecule has 1 heterocycles. The fraction of sp³-hybridized carbons (Fsp3) is 0.579. The molecule has 0 aromatic heterocycles. The summed E-state index contributed by atoms with van der Waals surface area (Å²) in [6.07, 6.45) is 6.67. The van der Waals surface area contributed by atoms with Crippen LogP contribution in [-0.4, -0.2) is 41.2 Å². The first kappa shape index (κ1) is 18.1. The van der Waals surface area contributed by atoms with Gasteiger partial charge in [-0.3, -0.25) is 4.79 Å². The molecule has 0 bridgehead atoms. The van der Waals surface area contributed by atoms with Crippen LogP contribution in [0.25, 0.3) is 0 Å². The number of likely N-dealkylation sites (tertiary alicyclic amines) is 1. The largest absolute Gasteiger partial charge is 0.341 e. The van der Waals surface area contributed by atoms with Crippen LogP contribution in [-0.2, 0) is 4.79 Å². The summed E-state index contributed by atoms with van der Waals surface area (Å²) in [5.74, 6) is 0.187. The predicted molar refractivity (Wildman–Crippen MR) is 102 cm³/mol. The normalized spacial score (nSPS) is 19.2. The second kappa shape index (κ2) is 8.61. The van der Waals surface area contributed by atoms with Crippen molar-refractivity contribution in [3.05, 3.63) is 24.3 Å². The fourth-order valence-electron chi connectivity index (χ4n) is 3.51. The Kier molecular flexibility index (Phi) is 6.24. The number of carbonyl (C=O) groups is 2. The third kappa shape index (κ3) is 5.14. The number of para-hydroxylation sites is 1. The Morgan fingerprint density at radius 2 is 2.04 bits per heavy atom. The maximum absolute atomic E-state index is 12.3. The van der Waals surface area contributed by atoms with Crippen molar-refractivity contribution in [2.24, 2.45) is 0 Å².